The summed E-state index contributed by atoms with van der Waals surface area (Å²) in [6.07, 6.45) is 0.815. The van der Waals surface area contributed by atoms with Crippen LogP contribution in [0.3, 0.4) is 0 Å². The molecule has 1 aromatic heterocycles. The summed E-state index contributed by atoms with van der Waals surface area (Å²) >= 11 is 1.77. The molecular weight excluding hydrogens is 372 g/mol. The van der Waals surface area contributed by atoms with Crippen molar-refractivity contribution in [2.45, 2.75) is 25.7 Å². The molecule has 1 aromatic carbocycles. The quantitative estimate of drug-likeness (QED) is 0.426. The van der Waals surface area contributed by atoms with Gasteiger partial charge in [-0.1, -0.05) is 32.0 Å². The van der Waals surface area contributed by atoms with E-state index in [0.717, 1.165) is 36.9 Å². The molecule has 3 rings (SSSR count). The highest BCUT2D eigenvalue weighted by atomic mass is 32.1. The fourth-order valence-electron chi connectivity index (χ4n) is 3.12. The van der Waals surface area contributed by atoms with Gasteiger partial charge in [-0.15, -0.1) is 11.3 Å². The third kappa shape index (κ3) is 4.84. The van der Waals surface area contributed by atoms with Gasteiger partial charge >= 0.3 is 0 Å². The van der Waals surface area contributed by atoms with Crippen LogP contribution in [0.4, 0.5) is 5.69 Å². The van der Waals surface area contributed by atoms with Gasteiger partial charge in [-0.05, 0) is 30.0 Å². The lowest BCUT2D eigenvalue weighted by atomic mass is 9.91. The Labute approximate surface area is 170 Å². The van der Waals surface area contributed by atoms with E-state index >= 15 is 0 Å². The van der Waals surface area contributed by atoms with Crippen molar-refractivity contribution in [1.82, 2.24) is 10.6 Å². The summed E-state index contributed by atoms with van der Waals surface area (Å²) in [6.45, 7) is 6.71. The van der Waals surface area contributed by atoms with Gasteiger partial charge in [-0.25, -0.2) is 0 Å². The van der Waals surface area contributed by atoms with Gasteiger partial charge in [0.2, 0.25) is 0 Å². The number of para-hydroxylation sites is 2. The summed E-state index contributed by atoms with van der Waals surface area (Å²) in [4.78, 5) is 19.7. The van der Waals surface area contributed by atoms with Crippen LogP contribution in [-0.2, 0) is 10.2 Å². The molecule has 2 heterocycles. The Bertz CT molecular complexity index is 818. The lowest BCUT2D eigenvalue weighted by Crippen LogP contribution is -2.44. The average molecular weight is 401 g/mol. The molecule has 0 bridgehead atoms. The summed E-state index contributed by atoms with van der Waals surface area (Å²) in [7, 11) is 1.77. The molecule has 0 saturated carbocycles. The number of carbonyl (C=O) groups excluding carboxylic acids is 1. The molecule has 0 atom stereocenters. The zero-order valence-electron chi connectivity index (χ0n) is 16.7. The van der Waals surface area contributed by atoms with E-state index in [9.17, 15) is 4.79 Å². The molecule has 2 aromatic rings. The minimum absolute atomic E-state index is 0.00101. The van der Waals surface area contributed by atoms with Crippen molar-refractivity contribution in [3.8, 4) is 5.75 Å². The number of nitrogens with one attached hydrogen (secondary N) is 2. The Kier molecular flexibility index (Phi) is 6.57. The fraction of sp³-hybridized carbons (Fsp3) is 0.429. The van der Waals surface area contributed by atoms with E-state index in [1.165, 1.54) is 4.88 Å². The second-order valence-corrected chi connectivity index (χ2v) is 8.32. The summed E-state index contributed by atoms with van der Waals surface area (Å²) in [6, 6.07) is 11.9. The van der Waals surface area contributed by atoms with Gasteiger partial charge in [0.15, 0.2) is 12.6 Å². The number of hydrogen-bond donors (Lipinski definition) is 2. The van der Waals surface area contributed by atoms with E-state index in [1.807, 2.05) is 24.3 Å². The zero-order chi connectivity index (χ0) is 20.0. The molecule has 7 heteroatoms. The van der Waals surface area contributed by atoms with Gasteiger partial charge in [0.05, 0.1) is 5.69 Å². The maximum Gasteiger partial charge on any atom is 0.265 e. The number of aliphatic imine (C=N–C) groups is 1. The predicted molar refractivity (Wildman–Crippen MR) is 116 cm³/mol. The number of carbonyl (C=O) groups is 1. The minimum Gasteiger partial charge on any atom is -0.482 e. The van der Waals surface area contributed by atoms with Crippen LogP contribution in [0.25, 0.3) is 0 Å². The Morgan fingerprint density at radius 1 is 1.25 bits per heavy atom. The monoisotopic (exact) mass is 400 g/mol. The highest BCUT2D eigenvalue weighted by Crippen LogP contribution is 2.31. The van der Waals surface area contributed by atoms with Crippen molar-refractivity contribution in [3.05, 3.63) is 46.7 Å². The molecule has 1 aliphatic heterocycles. The molecule has 0 aliphatic carbocycles. The first-order valence-electron chi connectivity index (χ1n) is 9.52. The molecule has 1 aliphatic rings. The predicted octanol–water partition coefficient (Wildman–Crippen LogP) is 3.01. The van der Waals surface area contributed by atoms with Gasteiger partial charge in [0.1, 0.15) is 5.75 Å². The van der Waals surface area contributed by atoms with E-state index in [2.05, 4.69) is 47.0 Å². The van der Waals surface area contributed by atoms with E-state index < -0.39 is 0 Å². The minimum atomic E-state index is -0.00101. The lowest BCUT2D eigenvalue weighted by Gasteiger charge is -2.29. The third-order valence-corrected chi connectivity index (χ3v) is 6.00. The average Bonchev–Trinajstić information content (AvgIpc) is 3.24. The Hall–Kier alpha value is -2.54. The van der Waals surface area contributed by atoms with Crippen LogP contribution in [0.2, 0.25) is 0 Å². The number of guanidine groups is 1. The number of fused-ring (bicyclic) bond motifs is 1. The number of thiophene rings is 1. The van der Waals surface area contributed by atoms with Gasteiger partial charge in [0.25, 0.3) is 5.91 Å². The SMILES string of the molecule is CN=C(NCCCN1C(=O)COc2ccccc21)NCC(C)(C)c1cccs1. The van der Waals surface area contributed by atoms with Crippen LogP contribution in [-0.4, -0.2) is 45.2 Å². The summed E-state index contributed by atoms with van der Waals surface area (Å²) in [5.74, 6) is 1.54. The summed E-state index contributed by atoms with van der Waals surface area (Å²) < 4.78 is 5.49. The number of anilines is 1. The molecule has 0 radical (unpaired) electrons. The maximum atomic E-state index is 12.2. The van der Waals surface area contributed by atoms with Crippen LogP contribution in [0.5, 0.6) is 5.75 Å². The molecule has 0 fully saturated rings. The first-order chi connectivity index (χ1) is 13.5. The highest BCUT2D eigenvalue weighted by Gasteiger charge is 2.24. The molecule has 2 N–H and O–H groups in total. The molecule has 28 heavy (non-hydrogen) atoms. The number of amides is 1. The number of hydrogen-bond acceptors (Lipinski definition) is 4. The molecule has 150 valence electrons. The Balaban J connectivity index is 1.46. The normalized spacial score (nSPS) is 14.5. The van der Waals surface area contributed by atoms with Gasteiger partial charge in [-0.3, -0.25) is 9.79 Å². The number of nitrogens with zero attached hydrogens (tertiary/aromatic N) is 2. The van der Waals surface area contributed by atoms with Gasteiger partial charge in [0, 0.05) is 37.0 Å². The first kappa shape index (κ1) is 20.2. The van der Waals surface area contributed by atoms with Gasteiger partial charge < -0.3 is 20.3 Å². The topological polar surface area (TPSA) is 66.0 Å². The summed E-state index contributed by atoms with van der Waals surface area (Å²) in [5, 5.41) is 8.85. The van der Waals surface area contributed by atoms with E-state index in [1.54, 1.807) is 23.3 Å². The number of ether oxygens (including phenoxy) is 1. The second-order valence-electron chi connectivity index (χ2n) is 7.37. The molecule has 0 spiro atoms. The van der Waals surface area contributed by atoms with E-state index in [4.69, 9.17) is 4.74 Å². The van der Waals surface area contributed by atoms with Crippen LogP contribution < -0.4 is 20.3 Å². The van der Waals surface area contributed by atoms with E-state index in [0.29, 0.717) is 6.54 Å². The second kappa shape index (κ2) is 9.10. The summed E-state index contributed by atoms with van der Waals surface area (Å²) in [5.41, 5.74) is 0.884. The van der Waals surface area contributed by atoms with Crippen molar-refractivity contribution in [2.75, 3.05) is 38.2 Å². The van der Waals surface area contributed by atoms with Crippen molar-refractivity contribution in [2.24, 2.45) is 4.99 Å². The standard InChI is InChI=1S/C21H28N4O2S/c1-21(2,18-10-6-13-28-18)15-24-20(22-3)23-11-7-12-25-16-8-4-5-9-17(16)27-14-19(25)26/h4-6,8-10,13H,7,11-12,14-15H2,1-3H3,(H2,22,23,24). The zero-order valence-corrected chi connectivity index (χ0v) is 17.5. The molecule has 0 unspecified atom stereocenters. The highest BCUT2D eigenvalue weighted by molar-refractivity contribution is 7.10. The first-order valence-corrected chi connectivity index (χ1v) is 10.4. The smallest absolute Gasteiger partial charge is 0.265 e. The largest absolute Gasteiger partial charge is 0.482 e. The van der Waals surface area contributed by atoms with Crippen molar-refractivity contribution in [3.63, 3.8) is 0 Å². The third-order valence-electron chi connectivity index (χ3n) is 4.77. The molecular formula is C21H28N4O2S. The Morgan fingerprint density at radius 3 is 2.82 bits per heavy atom. The van der Waals surface area contributed by atoms with Crippen LogP contribution in [0, 0.1) is 0 Å². The number of benzene rings is 1. The van der Waals surface area contributed by atoms with Crippen molar-refractivity contribution >= 4 is 28.9 Å². The Morgan fingerprint density at radius 2 is 2.07 bits per heavy atom. The van der Waals surface area contributed by atoms with Crippen molar-refractivity contribution in [1.29, 1.82) is 0 Å². The molecule has 6 nitrogen and oxygen atoms in total. The van der Waals surface area contributed by atoms with Crippen LogP contribution in [0.15, 0.2) is 46.8 Å². The fourth-order valence-corrected chi connectivity index (χ4v) is 3.97. The lowest BCUT2D eigenvalue weighted by molar-refractivity contribution is -0.121. The molecule has 0 saturated heterocycles. The van der Waals surface area contributed by atoms with E-state index in [-0.39, 0.29) is 17.9 Å². The van der Waals surface area contributed by atoms with Crippen LogP contribution >= 0.6 is 11.3 Å². The number of rotatable bonds is 7. The maximum absolute atomic E-state index is 12.2. The van der Waals surface area contributed by atoms with Crippen LogP contribution in [0.1, 0.15) is 25.1 Å². The van der Waals surface area contributed by atoms with Gasteiger partial charge in [-0.2, -0.15) is 0 Å². The van der Waals surface area contributed by atoms with Crippen molar-refractivity contribution < 1.29 is 9.53 Å². The molecule has 1 amide bonds.